The third-order valence-corrected chi connectivity index (χ3v) is 4.81. The van der Waals surface area contributed by atoms with E-state index in [1.165, 1.54) is 23.9 Å². The van der Waals surface area contributed by atoms with E-state index in [-0.39, 0.29) is 17.3 Å². The summed E-state index contributed by atoms with van der Waals surface area (Å²) in [5.74, 6) is 0.531. The minimum Gasteiger partial charge on any atom is -0.319 e. The Hall–Kier alpha value is -2.42. The number of hydrogen-bond donors (Lipinski definition) is 1. The van der Waals surface area contributed by atoms with Crippen LogP contribution >= 0.6 is 11.8 Å². The number of thioether (sulfide) groups is 1. The lowest BCUT2D eigenvalue weighted by molar-refractivity contribution is -0.383. The zero-order valence-corrected chi connectivity index (χ0v) is 14.1. The summed E-state index contributed by atoms with van der Waals surface area (Å²) in [6.07, 6.45) is 2.20. The van der Waals surface area contributed by atoms with Gasteiger partial charge in [0.05, 0.1) is 10.2 Å². The monoisotopic (exact) mass is 347 g/mol. The number of nitrogens with zero attached hydrogens (tertiary/aromatic N) is 4. The Bertz CT molecular complexity index is 787. The van der Waals surface area contributed by atoms with E-state index < -0.39 is 10.2 Å². The number of hydrogen-bond acceptors (Lipinski definition) is 6. The van der Waals surface area contributed by atoms with Crippen LogP contribution in [0.3, 0.4) is 0 Å². The number of anilines is 1. The fourth-order valence-electron chi connectivity index (χ4n) is 2.37. The molecule has 1 amide bonds. The highest BCUT2D eigenvalue weighted by atomic mass is 32.2. The van der Waals surface area contributed by atoms with Crippen molar-refractivity contribution in [3.05, 3.63) is 40.2 Å². The van der Waals surface area contributed by atoms with Gasteiger partial charge in [-0.2, -0.15) is 0 Å². The van der Waals surface area contributed by atoms with Crippen LogP contribution in [0.5, 0.6) is 0 Å². The van der Waals surface area contributed by atoms with Gasteiger partial charge in [0.25, 0.3) is 5.69 Å². The topological polar surface area (TPSA) is 103 Å². The fourth-order valence-corrected chi connectivity index (χ4v) is 3.33. The zero-order chi connectivity index (χ0) is 17.3. The van der Waals surface area contributed by atoms with Crippen molar-refractivity contribution in [3.8, 4) is 0 Å². The lowest BCUT2D eigenvalue weighted by atomic mass is 10.2. The van der Waals surface area contributed by atoms with Gasteiger partial charge in [-0.15, -0.1) is 10.2 Å². The molecule has 24 heavy (non-hydrogen) atoms. The smallest absolute Gasteiger partial charge is 0.292 e. The molecule has 8 nitrogen and oxygen atoms in total. The lowest BCUT2D eigenvalue weighted by Crippen LogP contribution is -2.23. The van der Waals surface area contributed by atoms with Crippen LogP contribution in [0.25, 0.3) is 0 Å². The molecular formula is C15H17N5O3S. The molecule has 1 aromatic heterocycles. The Morgan fingerprint density at radius 3 is 2.79 bits per heavy atom. The van der Waals surface area contributed by atoms with Gasteiger partial charge in [-0.3, -0.25) is 14.9 Å². The third kappa shape index (κ3) is 3.40. The van der Waals surface area contributed by atoms with E-state index in [2.05, 4.69) is 20.1 Å². The van der Waals surface area contributed by atoms with Gasteiger partial charge in [0, 0.05) is 12.1 Å². The molecule has 1 aliphatic carbocycles. The first-order valence-corrected chi connectivity index (χ1v) is 8.47. The number of nitrogens with one attached hydrogen (secondary N) is 1. The fraction of sp³-hybridized carbons (Fsp3) is 0.400. The van der Waals surface area contributed by atoms with Crippen LogP contribution in [-0.2, 0) is 4.79 Å². The quantitative estimate of drug-likeness (QED) is 0.489. The highest BCUT2D eigenvalue weighted by Crippen LogP contribution is 2.39. The van der Waals surface area contributed by atoms with Crippen LogP contribution in [0.15, 0.2) is 29.4 Å². The molecule has 1 fully saturated rings. The van der Waals surface area contributed by atoms with Gasteiger partial charge in [-0.25, -0.2) is 0 Å². The molecule has 1 aliphatic rings. The largest absolute Gasteiger partial charge is 0.319 e. The number of para-hydroxylation sites is 2. The van der Waals surface area contributed by atoms with Crippen molar-refractivity contribution in [2.45, 2.75) is 43.1 Å². The molecule has 2 aromatic rings. The van der Waals surface area contributed by atoms with E-state index >= 15 is 0 Å². The van der Waals surface area contributed by atoms with Gasteiger partial charge in [0.2, 0.25) is 5.91 Å². The summed E-state index contributed by atoms with van der Waals surface area (Å²) in [5.41, 5.74) is 0.0693. The standard InChI is InChI=1S/C15H17N5O3S/c1-9(24-15-18-17-10(2)19(15)11-7-8-11)14(21)16-12-5-3-4-6-13(12)20(22)23/h3-6,9,11H,7-8H2,1-2H3,(H,16,21)/t9-/m0/s1. The first-order valence-electron chi connectivity index (χ1n) is 7.60. The highest BCUT2D eigenvalue weighted by molar-refractivity contribution is 8.00. The normalized spacial score (nSPS) is 15.1. The lowest BCUT2D eigenvalue weighted by Gasteiger charge is -2.12. The molecule has 126 valence electrons. The summed E-state index contributed by atoms with van der Waals surface area (Å²) in [6, 6.07) is 6.51. The van der Waals surface area contributed by atoms with Crippen molar-refractivity contribution < 1.29 is 9.72 Å². The predicted molar refractivity (Wildman–Crippen MR) is 90.1 cm³/mol. The number of amides is 1. The van der Waals surface area contributed by atoms with Crippen molar-refractivity contribution in [2.24, 2.45) is 0 Å². The molecule has 1 atom stereocenters. The average molecular weight is 347 g/mol. The van der Waals surface area contributed by atoms with Gasteiger partial charge >= 0.3 is 0 Å². The van der Waals surface area contributed by atoms with Gasteiger partial charge in [-0.05, 0) is 32.8 Å². The summed E-state index contributed by atoms with van der Waals surface area (Å²) in [6.45, 7) is 3.64. The maximum atomic E-state index is 12.4. The Labute approximate surface area is 142 Å². The SMILES string of the molecule is Cc1nnc(S[C@@H](C)C(=O)Nc2ccccc2[N+](=O)[O-])n1C1CC1. The van der Waals surface area contributed by atoms with Crippen LogP contribution < -0.4 is 5.32 Å². The van der Waals surface area contributed by atoms with Gasteiger partial charge in [-0.1, -0.05) is 23.9 Å². The van der Waals surface area contributed by atoms with Crippen LogP contribution in [-0.4, -0.2) is 30.8 Å². The average Bonchev–Trinajstić information content (AvgIpc) is 3.32. The summed E-state index contributed by atoms with van der Waals surface area (Å²) < 4.78 is 2.05. The van der Waals surface area contributed by atoms with E-state index in [1.54, 1.807) is 19.1 Å². The number of nitro groups is 1. The van der Waals surface area contributed by atoms with Crippen molar-refractivity contribution in [1.29, 1.82) is 0 Å². The number of nitro benzene ring substituents is 1. The second-order valence-electron chi connectivity index (χ2n) is 5.65. The summed E-state index contributed by atoms with van der Waals surface area (Å²) >= 11 is 1.31. The molecule has 1 aromatic carbocycles. The number of carbonyl (C=O) groups is 1. The second kappa shape index (κ2) is 6.60. The molecule has 0 aliphatic heterocycles. The Morgan fingerprint density at radius 1 is 1.42 bits per heavy atom. The predicted octanol–water partition coefficient (Wildman–Crippen LogP) is 2.95. The van der Waals surface area contributed by atoms with Crippen LogP contribution in [0.2, 0.25) is 0 Å². The number of carbonyl (C=O) groups excluding carboxylic acids is 1. The Morgan fingerprint density at radius 2 is 2.12 bits per heavy atom. The maximum absolute atomic E-state index is 12.4. The third-order valence-electron chi connectivity index (χ3n) is 3.76. The van der Waals surface area contributed by atoms with Crippen LogP contribution in [0.1, 0.15) is 31.6 Å². The number of benzene rings is 1. The minimum atomic E-state index is -0.513. The van der Waals surface area contributed by atoms with E-state index in [4.69, 9.17) is 0 Å². The van der Waals surface area contributed by atoms with Crippen LogP contribution in [0.4, 0.5) is 11.4 Å². The molecule has 0 radical (unpaired) electrons. The molecular weight excluding hydrogens is 330 g/mol. The molecule has 1 N–H and O–H groups in total. The summed E-state index contributed by atoms with van der Waals surface area (Å²) in [5, 5.41) is 22.1. The summed E-state index contributed by atoms with van der Waals surface area (Å²) in [7, 11) is 0. The molecule has 9 heteroatoms. The molecule has 0 saturated heterocycles. The van der Waals surface area contributed by atoms with E-state index in [0.717, 1.165) is 18.7 Å². The van der Waals surface area contributed by atoms with Crippen molar-refractivity contribution >= 4 is 29.0 Å². The van der Waals surface area contributed by atoms with Crippen molar-refractivity contribution in [1.82, 2.24) is 14.8 Å². The minimum absolute atomic E-state index is 0.125. The van der Waals surface area contributed by atoms with E-state index in [1.807, 2.05) is 6.92 Å². The number of rotatable bonds is 6. The second-order valence-corrected chi connectivity index (χ2v) is 6.96. The van der Waals surface area contributed by atoms with Gasteiger partial charge < -0.3 is 9.88 Å². The molecule has 0 unspecified atom stereocenters. The number of aryl methyl sites for hydroxylation is 1. The molecule has 3 rings (SSSR count). The molecule has 1 heterocycles. The van der Waals surface area contributed by atoms with Crippen molar-refractivity contribution in [3.63, 3.8) is 0 Å². The van der Waals surface area contributed by atoms with Gasteiger partial charge in [0.1, 0.15) is 11.5 Å². The number of aromatic nitrogens is 3. The van der Waals surface area contributed by atoms with Gasteiger partial charge in [0.15, 0.2) is 5.16 Å². The Kier molecular flexibility index (Phi) is 4.52. The highest BCUT2D eigenvalue weighted by Gasteiger charge is 2.30. The first kappa shape index (κ1) is 16.4. The van der Waals surface area contributed by atoms with Crippen LogP contribution in [0, 0.1) is 17.0 Å². The van der Waals surface area contributed by atoms with E-state index in [0.29, 0.717) is 11.2 Å². The molecule has 0 bridgehead atoms. The maximum Gasteiger partial charge on any atom is 0.292 e. The molecule has 1 saturated carbocycles. The Balaban J connectivity index is 1.71. The van der Waals surface area contributed by atoms with Crippen molar-refractivity contribution in [2.75, 3.05) is 5.32 Å². The summed E-state index contributed by atoms with van der Waals surface area (Å²) in [4.78, 5) is 22.9. The van der Waals surface area contributed by atoms with E-state index in [9.17, 15) is 14.9 Å². The first-order chi connectivity index (χ1) is 11.5. The molecule has 0 spiro atoms. The zero-order valence-electron chi connectivity index (χ0n) is 13.3.